The summed E-state index contributed by atoms with van der Waals surface area (Å²) in [6.07, 6.45) is 0. The zero-order valence-electron chi connectivity index (χ0n) is 13.2. The van der Waals surface area contributed by atoms with Crippen LogP contribution in [0.4, 0.5) is 5.69 Å². The maximum atomic E-state index is 12.4. The van der Waals surface area contributed by atoms with Crippen LogP contribution in [0.1, 0.15) is 6.92 Å². The van der Waals surface area contributed by atoms with Gasteiger partial charge in [-0.15, -0.1) is 11.8 Å². The summed E-state index contributed by atoms with van der Waals surface area (Å²) in [5.74, 6) is -0.416. The van der Waals surface area contributed by atoms with E-state index in [0.29, 0.717) is 17.1 Å². The van der Waals surface area contributed by atoms with Crippen molar-refractivity contribution in [3.63, 3.8) is 0 Å². The van der Waals surface area contributed by atoms with Crippen molar-refractivity contribution in [1.82, 2.24) is 10.1 Å². The second kappa shape index (κ2) is 7.71. The van der Waals surface area contributed by atoms with Crippen molar-refractivity contribution in [1.29, 1.82) is 0 Å². The molecule has 1 amide bonds. The van der Waals surface area contributed by atoms with E-state index in [-0.39, 0.29) is 11.2 Å². The summed E-state index contributed by atoms with van der Waals surface area (Å²) in [7, 11) is 0. The van der Waals surface area contributed by atoms with Gasteiger partial charge >= 0.3 is 5.76 Å². The van der Waals surface area contributed by atoms with Crippen LogP contribution in [0.3, 0.4) is 0 Å². The van der Waals surface area contributed by atoms with Gasteiger partial charge in [0.2, 0.25) is 5.91 Å². The van der Waals surface area contributed by atoms with Crippen molar-refractivity contribution in [2.45, 2.75) is 17.1 Å². The topological polar surface area (TPSA) is 88.0 Å². The maximum Gasteiger partial charge on any atom is 0.439 e. The van der Waals surface area contributed by atoms with Gasteiger partial charge in [0.25, 0.3) is 0 Å². The molecule has 6 nitrogen and oxygen atoms in total. The molecule has 25 heavy (non-hydrogen) atoms. The quantitative estimate of drug-likeness (QED) is 0.611. The number of aromatic nitrogens is 2. The standard InChI is InChI=1S/C17H14BrN3O3S/c1-10(25-14-7-5-12(18)6-8-14)16(22)19-13-4-2-3-11(9-13)15-20-17(23)24-21-15/h2-10H,1H3,(H,19,22)(H,20,21,23). The van der Waals surface area contributed by atoms with Crippen LogP contribution in [-0.4, -0.2) is 21.3 Å². The number of amides is 1. The Kier molecular flexibility index (Phi) is 5.40. The highest BCUT2D eigenvalue weighted by atomic mass is 79.9. The Bertz CT molecular complexity index is 937. The van der Waals surface area contributed by atoms with E-state index < -0.39 is 5.76 Å². The lowest BCUT2D eigenvalue weighted by atomic mass is 10.2. The van der Waals surface area contributed by atoms with Gasteiger partial charge in [0.05, 0.1) is 5.25 Å². The second-order valence-corrected chi connectivity index (χ2v) is 7.56. The van der Waals surface area contributed by atoms with E-state index in [1.54, 1.807) is 24.3 Å². The molecule has 0 saturated carbocycles. The lowest BCUT2D eigenvalue weighted by Gasteiger charge is -2.12. The van der Waals surface area contributed by atoms with Gasteiger partial charge in [0.1, 0.15) is 0 Å². The molecule has 8 heteroatoms. The third-order valence-electron chi connectivity index (χ3n) is 3.34. The summed E-state index contributed by atoms with van der Waals surface area (Å²) < 4.78 is 5.49. The fraction of sp³-hybridized carbons (Fsp3) is 0.118. The van der Waals surface area contributed by atoms with Gasteiger partial charge in [0.15, 0.2) is 5.82 Å². The summed E-state index contributed by atoms with van der Waals surface area (Å²) in [6.45, 7) is 1.85. The molecular formula is C17H14BrN3O3S. The van der Waals surface area contributed by atoms with E-state index in [0.717, 1.165) is 9.37 Å². The minimum Gasteiger partial charge on any atom is -0.325 e. The van der Waals surface area contributed by atoms with E-state index in [9.17, 15) is 9.59 Å². The van der Waals surface area contributed by atoms with Gasteiger partial charge in [-0.25, -0.2) is 4.79 Å². The van der Waals surface area contributed by atoms with Crippen molar-refractivity contribution >= 4 is 39.3 Å². The van der Waals surface area contributed by atoms with Gasteiger partial charge in [-0.05, 0) is 43.3 Å². The fourth-order valence-corrected chi connectivity index (χ4v) is 3.24. The number of H-pyrrole nitrogens is 1. The Morgan fingerprint density at radius 1 is 1.28 bits per heavy atom. The molecule has 0 bridgehead atoms. The van der Waals surface area contributed by atoms with Crippen LogP contribution in [-0.2, 0) is 4.79 Å². The number of thioether (sulfide) groups is 1. The molecule has 0 aliphatic heterocycles. The summed E-state index contributed by atoms with van der Waals surface area (Å²) >= 11 is 4.87. The molecule has 128 valence electrons. The lowest BCUT2D eigenvalue weighted by molar-refractivity contribution is -0.115. The Morgan fingerprint density at radius 3 is 2.72 bits per heavy atom. The first-order valence-corrected chi connectivity index (χ1v) is 9.08. The van der Waals surface area contributed by atoms with Crippen LogP contribution in [0.2, 0.25) is 0 Å². The zero-order chi connectivity index (χ0) is 17.8. The number of anilines is 1. The largest absolute Gasteiger partial charge is 0.439 e. The van der Waals surface area contributed by atoms with Crippen LogP contribution in [0, 0.1) is 0 Å². The first kappa shape index (κ1) is 17.5. The van der Waals surface area contributed by atoms with Gasteiger partial charge in [-0.1, -0.05) is 33.2 Å². The molecule has 3 aromatic rings. The van der Waals surface area contributed by atoms with E-state index in [4.69, 9.17) is 0 Å². The normalized spacial score (nSPS) is 11.9. The SMILES string of the molecule is CC(Sc1ccc(Br)cc1)C(=O)Nc1cccc(-c2noc(=O)[nH]2)c1. The molecule has 1 unspecified atom stereocenters. The molecule has 1 aromatic heterocycles. The molecule has 0 spiro atoms. The molecule has 1 atom stereocenters. The minimum atomic E-state index is -0.621. The fourth-order valence-electron chi connectivity index (χ4n) is 2.11. The number of carbonyl (C=O) groups excluding carboxylic acids is 1. The van der Waals surface area contributed by atoms with Crippen LogP contribution in [0.25, 0.3) is 11.4 Å². The van der Waals surface area contributed by atoms with Gasteiger partial charge in [-0.2, -0.15) is 0 Å². The highest BCUT2D eigenvalue weighted by molar-refractivity contribution is 9.10. The lowest BCUT2D eigenvalue weighted by Crippen LogP contribution is -2.22. The van der Waals surface area contributed by atoms with E-state index >= 15 is 0 Å². The third-order valence-corrected chi connectivity index (χ3v) is 4.98. The highest BCUT2D eigenvalue weighted by Gasteiger charge is 2.15. The number of benzene rings is 2. The van der Waals surface area contributed by atoms with Crippen molar-refractivity contribution in [3.8, 4) is 11.4 Å². The van der Waals surface area contributed by atoms with Crippen LogP contribution >= 0.6 is 27.7 Å². The van der Waals surface area contributed by atoms with Crippen LogP contribution < -0.4 is 11.1 Å². The Labute approximate surface area is 156 Å². The monoisotopic (exact) mass is 419 g/mol. The number of hydrogen-bond acceptors (Lipinski definition) is 5. The summed E-state index contributed by atoms with van der Waals surface area (Å²) in [6, 6.07) is 14.8. The molecule has 0 fully saturated rings. The molecular weight excluding hydrogens is 406 g/mol. The van der Waals surface area contributed by atoms with Gasteiger partial charge in [0, 0.05) is 20.6 Å². The Morgan fingerprint density at radius 2 is 2.04 bits per heavy atom. The number of hydrogen-bond donors (Lipinski definition) is 2. The van der Waals surface area contributed by atoms with Crippen LogP contribution in [0.5, 0.6) is 0 Å². The molecule has 2 N–H and O–H groups in total. The molecule has 2 aromatic carbocycles. The van der Waals surface area contributed by atoms with Crippen molar-refractivity contribution in [2.24, 2.45) is 0 Å². The van der Waals surface area contributed by atoms with Crippen molar-refractivity contribution in [2.75, 3.05) is 5.32 Å². The average Bonchev–Trinajstić information content (AvgIpc) is 3.03. The van der Waals surface area contributed by atoms with Crippen molar-refractivity contribution in [3.05, 3.63) is 63.6 Å². The first-order valence-electron chi connectivity index (χ1n) is 7.41. The molecule has 0 saturated heterocycles. The Hall–Kier alpha value is -2.32. The van der Waals surface area contributed by atoms with E-state index in [1.807, 2.05) is 31.2 Å². The first-order chi connectivity index (χ1) is 12.0. The number of carbonyl (C=O) groups is 1. The van der Waals surface area contributed by atoms with E-state index in [2.05, 4.69) is 35.9 Å². The minimum absolute atomic E-state index is 0.112. The second-order valence-electron chi connectivity index (χ2n) is 5.23. The third kappa shape index (κ3) is 4.61. The van der Waals surface area contributed by atoms with Crippen molar-refractivity contribution < 1.29 is 9.32 Å². The molecule has 0 aliphatic rings. The summed E-state index contributed by atoms with van der Waals surface area (Å²) in [4.78, 5) is 26.9. The smallest absolute Gasteiger partial charge is 0.325 e. The number of halogens is 1. The molecule has 3 rings (SSSR count). The number of nitrogens with one attached hydrogen (secondary N) is 2. The van der Waals surface area contributed by atoms with E-state index in [1.165, 1.54) is 11.8 Å². The van der Waals surface area contributed by atoms with Gasteiger partial charge < -0.3 is 5.32 Å². The maximum absolute atomic E-state index is 12.4. The summed E-state index contributed by atoms with van der Waals surface area (Å²) in [5.41, 5.74) is 1.27. The number of aromatic amines is 1. The molecule has 0 aliphatic carbocycles. The predicted octanol–water partition coefficient (Wildman–Crippen LogP) is 3.91. The average molecular weight is 420 g/mol. The zero-order valence-corrected chi connectivity index (χ0v) is 15.6. The number of nitrogens with zero attached hydrogens (tertiary/aromatic N) is 1. The summed E-state index contributed by atoms with van der Waals surface area (Å²) in [5, 5.41) is 6.24. The highest BCUT2D eigenvalue weighted by Crippen LogP contribution is 2.26. The predicted molar refractivity (Wildman–Crippen MR) is 101 cm³/mol. The number of rotatable bonds is 5. The van der Waals surface area contributed by atoms with Gasteiger partial charge in [-0.3, -0.25) is 14.3 Å². The molecule has 1 heterocycles. The van der Waals surface area contributed by atoms with Crippen LogP contribution in [0.15, 0.2) is 67.2 Å². The Balaban J connectivity index is 1.68. The molecule has 0 radical (unpaired) electrons.